The molecule has 0 aromatic heterocycles. The molecule has 1 heterocycles. The van der Waals surface area contributed by atoms with Gasteiger partial charge in [0, 0.05) is 12.3 Å². The van der Waals surface area contributed by atoms with Gasteiger partial charge in [0.2, 0.25) is 0 Å². The van der Waals surface area contributed by atoms with Crippen LogP contribution in [0, 0.1) is 17.3 Å². The van der Waals surface area contributed by atoms with Gasteiger partial charge in [-0.1, -0.05) is 38.1 Å². The smallest absolute Gasteiger partial charge is 0.405 e. The Hall–Kier alpha value is -1.89. The van der Waals surface area contributed by atoms with E-state index in [1.54, 1.807) is 26.0 Å². The highest BCUT2D eigenvalue weighted by Gasteiger charge is 2.64. The molecule has 0 aliphatic carbocycles. The molecule has 0 unspecified atom stereocenters. The van der Waals surface area contributed by atoms with Gasteiger partial charge in [0.1, 0.15) is 5.78 Å². The molecule has 1 aromatic carbocycles. The van der Waals surface area contributed by atoms with Crippen molar-refractivity contribution < 1.29 is 27.9 Å². The molecule has 1 saturated heterocycles. The van der Waals surface area contributed by atoms with Gasteiger partial charge in [0.15, 0.2) is 5.41 Å². The topological polar surface area (TPSA) is 66.4 Å². The summed E-state index contributed by atoms with van der Waals surface area (Å²) >= 11 is 0. The molecule has 26 heavy (non-hydrogen) atoms. The number of Topliss-reactive ketones (excluding diaryl/α,β-unsaturated/α-hetero) is 1. The minimum absolute atomic E-state index is 0.0116. The van der Waals surface area contributed by atoms with Crippen LogP contribution in [-0.4, -0.2) is 36.1 Å². The van der Waals surface area contributed by atoms with Crippen molar-refractivity contribution in [1.82, 2.24) is 5.32 Å². The number of ketones is 1. The van der Waals surface area contributed by atoms with Gasteiger partial charge >= 0.3 is 12.1 Å². The predicted molar refractivity (Wildman–Crippen MR) is 90.8 cm³/mol. The van der Waals surface area contributed by atoms with Crippen LogP contribution in [0.5, 0.6) is 0 Å². The van der Waals surface area contributed by atoms with Crippen LogP contribution in [0.2, 0.25) is 0 Å². The largest absolute Gasteiger partial charge is 0.481 e. The molecule has 1 aliphatic heterocycles. The molecule has 0 bridgehead atoms. The van der Waals surface area contributed by atoms with E-state index in [9.17, 15) is 27.9 Å². The number of carbonyl (C=O) groups excluding carboxylic acids is 1. The molecule has 0 spiro atoms. The number of carboxylic acid groups (broad SMARTS) is 1. The Labute approximate surface area is 150 Å². The van der Waals surface area contributed by atoms with Gasteiger partial charge in [-0.2, -0.15) is 13.2 Å². The van der Waals surface area contributed by atoms with Crippen molar-refractivity contribution in [1.29, 1.82) is 0 Å². The molecule has 7 heteroatoms. The van der Waals surface area contributed by atoms with E-state index in [2.05, 4.69) is 5.32 Å². The number of carbonyl (C=O) groups is 2. The molecular formula is C19H24F3NO3. The van der Waals surface area contributed by atoms with Crippen LogP contribution in [0.3, 0.4) is 0 Å². The Bertz CT molecular complexity index is 666. The number of aliphatic carboxylic acids is 1. The molecule has 2 rings (SSSR count). The van der Waals surface area contributed by atoms with Crippen molar-refractivity contribution >= 4 is 11.8 Å². The lowest BCUT2D eigenvalue weighted by atomic mass is 9.69. The summed E-state index contributed by atoms with van der Waals surface area (Å²) in [6, 6.07) is 6.27. The Balaban J connectivity index is 2.37. The number of rotatable bonds is 7. The Morgan fingerprint density at radius 3 is 2.42 bits per heavy atom. The van der Waals surface area contributed by atoms with E-state index in [0.717, 1.165) is 0 Å². The summed E-state index contributed by atoms with van der Waals surface area (Å²) in [4.78, 5) is 23.7. The third kappa shape index (κ3) is 4.09. The summed E-state index contributed by atoms with van der Waals surface area (Å²) in [5, 5.41) is 12.4. The fraction of sp³-hybridized carbons (Fsp3) is 0.579. The van der Waals surface area contributed by atoms with Crippen LogP contribution < -0.4 is 5.32 Å². The van der Waals surface area contributed by atoms with Crippen LogP contribution in [0.4, 0.5) is 13.2 Å². The van der Waals surface area contributed by atoms with Gasteiger partial charge in [-0.3, -0.25) is 9.59 Å². The van der Waals surface area contributed by atoms with Gasteiger partial charge in [-0.05, 0) is 43.0 Å². The first-order valence-electron chi connectivity index (χ1n) is 8.69. The molecule has 0 amide bonds. The first-order valence-corrected chi connectivity index (χ1v) is 8.69. The van der Waals surface area contributed by atoms with Crippen LogP contribution in [0.15, 0.2) is 24.3 Å². The van der Waals surface area contributed by atoms with Gasteiger partial charge in [0.25, 0.3) is 0 Å². The van der Waals surface area contributed by atoms with Crippen LogP contribution in [0.1, 0.15) is 31.4 Å². The Kier molecular flexibility index (Phi) is 6.11. The van der Waals surface area contributed by atoms with Crippen molar-refractivity contribution in [2.45, 2.75) is 39.3 Å². The van der Waals surface area contributed by atoms with Crippen molar-refractivity contribution in [2.24, 2.45) is 17.3 Å². The second-order valence-electron chi connectivity index (χ2n) is 7.26. The van der Waals surface area contributed by atoms with Gasteiger partial charge < -0.3 is 10.4 Å². The van der Waals surface area contributed by atoms with E-state index >= 15 is 0 Å². The predicted octanol–water partition coefficient (Wildman–Crippen LogP) is 3.24. The van der Waals surface area contributed by atoms with E-state index in [4.69, 9.17) is 0 Å². The minimum atomic E-state index is -4.88. The quantitative estimate of drug-likeness (QED) is 0.772. The number of hydrogen-bond acceptors (Lipinski definition) is 3. The fourth-order valence-electron chi connectivity index (χ4n) is 3.50. The third-order valence-electron chi connectivity index (χ3n) is 5.14. The van der Waals surface area contributed by atoms with Crippen LogP contribution in [-0.2, 0) is 22.4 Å². The second kappa shape index (κ2) is 7.78. The van der Waals surface area contributed by atoms with E-state index in [-0.39, 0.29) is 36.7 Å². The molecule has 0 radical (unpaired) electrons. The average molecular weight is 371 g/mol. The number of carboxylic acids is 1. The maximum Gasteiger partial charge on any atom is 0.405 e. The van der Waals surface area contributed by atoms with Gasteiger partial charge in [-0.15, -0.1) is 0 Å². The molecule has 1 fully saturated rings. The zero-order chi connectivity index (χ0) is 19.5. The monoisotopic (exact) mass is 371 g/mol. The summed E-state index contributed by atoms with van der Waals surface area (Å²) in [6.07, 6.45) is -5.22. The zero-order valence-corrected chi connectivity index (χ0v) is 14.9. The number of hydrogen-bond donors (Lipinski definition) is 2. The van der Waals surface area contributed by atoms with Crippen LogP contribution >= 0.6 is 0 Å². The lowest BCUT2D eigenvalue weighted by Gasteiger charge is -2.36. The number of alkyl halides is 3. The standard InChI is InChI=1S/C19H24F3NO3/c1-12(2)16(24)9-13-4-3-5-14(8-13)10-18(17(25)26,19(20,21)22)15-6-7-23-11-15/h3-5,8,12,15,23H,6-7,9-11H2,1-2H3,(H,25,26)/t15-,18-/m0/s1. The first kappa shape index (κ1) is 20.4. The molecule has 144 valence electrons. The molecule has 1 aromatic rings. The summed E-state index contributed by atoms with van der Waals surface area (Å²) in [6.45, 7) is 3.92. The highest BCUT2D eigenvalue weighted by atomic mass is 19.4. The molecule has 2 atom stereocenters. The SMILES string of the molecule is CC(C)C(=O)Cc1cccc(C[C@@](C(=O)O)([C@H]2CCNC2)C(F)(F)F)c1. The fourth-order valence-corrected chi connectivity index (χ4v) is 3.50. The van der Waals surface area contributed by atoms with E-state index in [1.807, 2.05) is 0 Å². The summed E-state index contributed by atoms with van der Waals surface area (Å²) in [7, 11) is 0. The van der Waals surface area contributed by atoms with Crippen LogP contribution in [0.25, 0.3) is 0 Å². The second-order valence-corrected chi connectivity index (χ2v) is 7.26. The van der Waals surface area contributed by atoms with Gasteiger partial charge in [-0.25, -0.2) is 0 Å². The Morgan fingerprint density at radius 1 is 1.27 bits per heavy atom. The van der Waals surface area contributed by atoms with E-state index in [0.29, 0.717) is 12.1 Å². The van der Waals surface area contributed by atoms with Gasteiger partial charge in [0.05, 0.1) is 0 Å². The highest BCUT2D eigenvalue weighted by molar-refractivity contribution is 5.82. The zero-order valence-electron chi connectivity index (χ0n) is 14.9. The lowest BCUT2D eigenvalue weighted by molar-refractivity contribution is -0.245. The summed E-state index contributed by atoms with van der Waals surface area (Å²) in [5.74, 6) is -3.05. The number of halogens is 3. The third-order valence-corrected chi connectivity index (χ3v) is 5.14. The van der Waals surface area contributed by atoms with Crippen molar-refractivity contribution in [2.75, 3.05) is 13.1 Å². The number of benzene rings is 1. The van der Waals surface area contributed by atoms with Crippen molar-refractivity contribution in [3.05, 3.63) is 35.4 Å². The molecule has 2 N–H and O–H groups in total. The molecular weight excluding hydrogens is 347 g/mol. The lowest BCUT2D eigenvalue weighted by Crippen LogP contribution is -2.53. The van der Waals surface area contributed by atoms with Crippen molar-refractivity contribution in [3.63, 3.8) is 0 Å². The Morgan fingerprint density at radius 2 is 1.92 bits per heavy atom. The normalized spacial score (nSPS) is 20.2. The average Bonchev–Trinajstić information content (AvgIpc) is 3.05. The highest BCUT2D eigenvalue weighted by Crippen LogP contribution is 2.49. The van der Waals surface area contributed by atoms with E-state index in [1.165, 1.54) is 12.1 Å². The maximum atomic E-state index is 13.9. The van der Waals surface area contributed by atoms with E-state index < -0.39 is 29.9 Å². The molecule has 4 nitrogen and oxygen atoms in total. The molecule has 1 aliphatic rings. The first-order chi connectivity index (χ1) is 12.1. The number of nitrogens with one attached hydrogen (secondary N) is 1. The summed E-state index contributed by atoms with van der Waals surface area (Å²) < 4.78 is 41.8. The van der Waals surface area contributed by atoms with Crippen molar-refractivity contribution in [3.8, 4) is 0 Å². The molecule has 0 saturated carbocycles. The maximum absolute atomic E-state index is 13.9. The minimum Gasteiger partial charge on any atom is -0.481 e. The summed E-state index contributed by atoms with van der Waals surface area (Å²) in [5.41, 5.74) is -1.95.